The Morgan fingerprint density at radius 1 is 1.32 bits per heavy atom. The van der Waals surface area contributed by atoms with Crippen LogP contribution in [0.4, 0.5) is 0 Å². The second-order valence-electron chi connectivity index (χ2n) is 4.02. The normalized spacial score (nSPS) is 10.4. The summed E-state index contributed by atoms with van der Waals surface area (Å²) in [6.07, 6.45) is 1.75. The molecule has 1 aromatic heterocycles. The number of thioether (sulfide) groups is 1. The summed E-state index contributed by atoms with van der Waals surface area (Å²) < 4.78 is 1.88. The minimum absolute atomic E-state index is 0.0395. The van der Waals surface area contributed by atoms with Gasteiger partial charge in [0.25, 0.3) is 0 Å². The summed E-state index contributed by atoms with van der Waals surface area (Å²) in [5.74, 6) is 0.474. The number of benzene rings is 1. The Hall–Kier alpha value is -1.75. The zero-order valence-corrected chi connectivity index (χ0v) is 11.7. The van der Waals surface area contributed by atoms with Crippen LogP contribution in [0.25, 0.3) is 0 Å². The van der Waals surface area contributed by atoms with E-state index >= 15 is 0 Å². The summed E-state index contributed by atoms with van der Waals surface area (Å²) in [4.78, 5) is 12.9. The van der Waals surface area contributed by atoms with Crippen molar-refractivity contribution in [2.24, 2.45) is 0 Å². The minimum atomic E-state index is 0.0395. The van der Waals surface area contributed by atoms with Gasteiger partial charge in [0.1, 0.15) is 0 Å². The zero-order chi connectivity index (χ0) is 13.5. The van der Waals surface area contributed by atoms with Crippen LogP contribution in [0.5, 0.6) is 0 Å². The smallest absolute Gasteiger partial charge is 0.230 e. The monoisotopic (exact) mass is 275 g/mol. The maximum Gasteiger partial charge on any atom is 0.230 e. The standard InChI is InChI=1S/C14H17N3OS/c1-2-17-12(8-9-16-17)10-15-14(18)11-19-13-6-4-3-5-7-13/h3-9H,2,10-11H2,1H3,(H,15,18). The highest BCUT2D eigenvalue weighted by molar-refractivity contribution is 8.00. The van der Waals surface area contributed by atoms with Crippen molar-refractivity contribution < 1.29 is 4.79 Å². The number of hydrogen-bond donors (Lipinski definition) is 1. The Balaban J connectivity index is 1.76. The molecule has 19 heavy (non-hydrogen) atoms. The molecule has 1 aromatic carbocycles. The fourth-order valence-corrected chi connectivity index (χ4v) is 2.45. The number of carbonyl (C=O) groups is 1. The van der Waals surface area contributed by atoms with Crippen LogP contribution in [0.3, 0.4) is 0 Å². The molecular formula is C14H17N3OS. The maximum atomic E-state index is 11.7. The molecule has 0 saturated carbocycles. The van der Waals surface area contributed by atoms with Crippen molar-refractivity contribution in [3.05, 3.63) is 48.3 Å². The average molecular weight is 275 g/mol. The van der Waals surface area contributed by atoms with Gasteiger partial charge in [0, 0.05) is 17.6 Å². The third-order valence-electron chi connectivity index (χ3n) is 2.68. The van der Waals surface area contributed by atoms with Crippen LogP contribution >= 0.6 is 11.8 Å². The van der Waals surface area contributed by atoms with E-state index in [9.17, 15) is 4.79 Å². The molecular weight excluding hydrogens is 258 g/mol. The van der Waals surface area contributed by atoms with Crippen LogP contribution in [-0.4, -0.2) is 21.4 Å². The van der Waals surface area contributed by atoms with Crippen molar-refractivity contribution in [1.82, 2.24) is 15.1 Å². The number of hydrogen-bond acceptors (Lipinski definition) is 3. The minimum Gasteiger partial charge on any atom is -0.350 e. The van der Waals surface area contributed by atoms with Crippen molar-refractivity contribution in [2.45, 2.75) is 24.9 Å². The SMILES string of the molecule is CCn1nccc1CNC(=O)CSc1ccccc1. The largest absolute Gasteiger partial charge is 0.350 e. The number of aryl methyl sites for hydroxylation is 1. The van der Waals surface area contributed by atoms with Crippen molar-refractivity contribution in [1.29, 1.82) is 0 Å². The summed E-state index contributed by atoms with van der Waals surface area (Å²) in [7, 11) is 0. The van der Waals surface area contributed by atoms with Gasteiger partial charge in [-0.2, -0.15) is 5.10 Å². The van der Waals surface area contributed by atoms with E-state index in [1.165, 1.54) is 0 Å². The average Bonchev–Trinajstić information content (AvgIpc) is 2.91. The Bertz CT molecular complexity index is 524. The Morgan fingerprint density at radius 3 is 2.84 bits per heavy atom. The van der Waals surface area contributed by atoms with Crippen LogP contribution in [0.15, 0.2) is 47.5 Å². The lowest BCUT2D eigenvalue weighted by Gasteiger charge is -2.07. The molecule has 5 heteroatoms. The van der Waals surface area contributed by atoms with Crippen LogP contribution in [0.1, 0.15) is 12.6 Å². The van der Waals surface area contributed by atoms with E-state index in [4.69, 9.17) is 0 Å². The highest BCUT2D eigenvalue weighted by Gasteiger charge is 2.05. The fraction of sp³-hybridized carbons (Fsp3) is 0.286. The first kappa shape index (κ1) is 13.7. The molecule has 0 aliphatic carbocycles. The molecule has 0 aliphatic rings. The van der Waals surface area contributed by atoms with E-state index in [1.807, 2.05) is 48.0 Å². The van der Waals surface area contributed by atoms with Crippen LogP contribution in [0, 0.1) is 0 Å². The van der Waals surface area contributed by atoms with Gasteiger partial charge in [-0.1, -0.05) is 18.2 Å². The highest BCUT2D eigenvalue weighted by Crippen LogP contribution is 2.16. The molecule has 0 spiro atoms. The number of aromatic nitrogens is 2. The second-order valence-corrected chi connectivity index (χ2v) is 5.07. The number of rotatable bonds is 6. The zero-order valence-electron chi connectivity index (χ0n) is 10.9. The van der Waals surface area contributed by atoms with Gasteiger partial charge in [-0.3, -0.25) is 9.48 Å². The molecule has 0 bridgehead atoms. The van der Waals surface area contributed by atoms with Crippen LogP contribution in [-0.2, 0) is 17.9 Å². The predicted octanol–water partition coefficient (Wildman–Crippen LogP) is 2.31. The third-order valence-corrected chi connectivity index (χ3v) is 3.70. The lowest BCUT2D eigenvalue weighted by atomic mass is 10.4. The van der Waals surface area contributed by atoms with E-state index in [0.717, 1.165) is 17.1 Å². The molecule has 1 heterocycles. The second kappa shape index (κ2) is 6.99. The maximum absolute atomic E-state index is 11.7. The number of amides is 1. The van der Waals surface area contributed by atoms with Crippen molar-refractivity contribution >= 4 is 17.7 Å². The topological polar surface area (TPSA) is 46.9 Å². The molecule has 4 nitrogen and oxygen atoms in total. The molecule has 0 atom stereocenters. The van der Waals surface area contributed by atoms with Gasteiger partial charge >= 0.3 is 0 Å². The first-order valence-corrected chi connectivity index (χ1v) is 7.23. The van der Waals surface area contributed by atoms with Gasteiger partial charge in [0.15, 0.2) is 0 Å². The molecule has 100 valence electrons. The van der Waals surface area contributed by atoms with Gasteiger partial charge < -0.3 is 5.32 Å². The van der Waals surface area contributed by atoms with Crippen LogP contribution < -0.4 is 5.32 Å². The van der Waals surface area contributed by atoms with E-state index in [0.29, 0.717) is 12.3 Å². The first-order valence-electron chi connectivity index (χ1n) is 6.25. The lowest BCUT2D eigenvalue weighted by molar-refractivity contribution is -0.118. The van der Waals surface area contributed by atoms with E-state index in [-0.39, 0.29) is 5.91 Å². The Kier molecular flexibility index (Phi) is 5.03. The first-order chi connectivity index (χ1) is 9.29. The van der Waals surface area contributed by atoms with Gasteiger partial charge in [-0.25, -0.2) is 0 Å². The number of carbonyl (C=O) groups excluding carboxylic acids is 1. The summed E-state index contributed by atoms with van der Waals surface area (Å²) in [6.45, 7) is 3.38. The molecule has 0 unspecified atom stereocenters. The highest BCUT2D eigenvalue weighted by atomic mass is 32.2. The number of nitrogens with one attached hydrogen (secondary N) is 1. The predicted molar refractivity (Wildman–Crippen MR) is 76.9 cm³/mol. The molecule has 0 fully saturated rings. The Labute approximate surface area is 117 Å². The quantitative estimate of drug-likeness (QED) is 0.823. The molecule has 0 aliphatic heterocycles. The van der Waals surface area contributed by atoms with Crippen molar-refractivity contribution in [3.8, 4) is 0 Å². The van der Waals surface area contributed by atoms with E-state index < -0.39 is 0 Å². The summed E-state index contributed by atoms with van der Waals surface area (Å²) in [5, 5.41) is 7.08. The van der Waals surface area contributed by atoms with Gasteiger partial charge in [-0.15, -0.1) is 11.8 Å². The molecule has 1 N–H and O–H groups in total. The number of nitrogens with zero attached hydrogens (tertiary/aromatic N) is 2. The van der Waals surface area contributed by atoms with Gasteiger partial charge in [-0.05, 0) is 25.1 Å². The molecule has 2 aromatic rings. The fourth-order valence-electron chi connectivity index (χ4n) is 1.70. The van der Waals surface area contributed by atoms with Gasteiger partial charge in [0.2, 0.25) is 5.91 Å². The Morgan fingerprint density at radius 2 is 2.11 bits per heavy atom. The van der Waals surface area contributed by atoms with Crippen molar-refractivity contribution in [3.63, 3.8) is 0 Å². The van der Waals surface area contributed by atoms with E-state index in [2.05, 4.69) is 10.4 Å². The third kappa shape index (κ3) is 4.13. The molecule has 2 rings (SSSR count). The lowest BCUT2D eigenvalue weighted by Crippen LogP contribution is -2.25. The van der Waals surface area contributed by atoms with E-state index in [1.54, 1.807) is 18.0 Å². The molecule has 1 amide bonds. The molecule has 0 saturated heterocycles. The summed E-state index contributed by atoms with van der Waals surface area (Å²) in [5.41, 5.74) is 1.03. The molecule has 0 radical (unpaired) electrons. The van der Waals surface area contributed by atoms with Crippen LogP contribution in [0.2, 0.25) is 0 Å². The van der Waals surface area contributed by atoms with Gasteiger partial charge in [0.05, 0.1) is 18.0 Å². The summed E-state index contributed by atoms with van der Waals surface area (Å²) >= 11 is 1.54. The van der Waals surface area contributed by atoms with Crippen molar-refractivity contribution in [2.75, 3.05) is 5.75 Å². The summed E-state index contributed by atoms with van der Waals surface area (Å²) in [6, 6.07) is 11.8.